The molecule has 0 fully saturated rings. The summed E-state index contributed by atoms with van der Waals surface area (Å²) in [6.45, 7) is 2.52. The quantitative estimate of drug-likeness (QED) is 0.693. The Morgan fingerprint density at radius 2 is 1.67 bits per heavy atom. The lowest BCUT2D eigenvalue weighted by Crippen LogP contribution is -2.26. The van der Waals surface area contributed by atoms with E-state index in [0.29, 0.717) is 17.1 Å². The second-order valence-electron chi connectivity index (χ2n) is 5.81. The minimum absolute atomic E-state index is 0.00264. The zero-order valence-corrected chi connectivity index (χ0v) is 14.8. The van der Waals surface area contributed by atoms with Gasteiger partial charge in [0.1, 0.15) is 0 Å². The number of hydrogen-bond acceptors (Lipinski definition) is 2. The molecule has 24 heavy (non-hydrogen) atoms. The van der Waals surface area contributed by atoms with E-state index in [4.69, 9.17) is 11.6 Å². The van der Waals surface area contributed by atoms with Gasteiger partial charge in [0.05, 0.1) is 0 Å². The second kappa shape index (κ2) is 8.65. The van der Waals surface area contributed by atoms with Crippen molar-refractivity contribution < 1.29 is 9.59 Å². The molecule has 0 aliphatic carbocycles. The molecule has 0 N–H and O–H groups in total. The van der Waals surface area contributed by atoms with Crippen molar-refractivity contribution in [1.82, 2.24) is 4.90 Å². The number of hydrogen-bond donors (Lipinski definition) is 0. The van der Waals surface area contributed by atoms with Crippen LogP contribution >= 0.6 is 11.6 Å². The Bertz CT molecular complexity index is 710. The number of Topliss-reactive ketones (excluding diaryl/α,β-unsaturated/α-hetero) is 1. The summed E-state index contributed by atoms with van der Waals surface area (Å²) in [6.07, 6.45) is 1.37. The van der Waals surface area contributed by atoms with E-state index in [-0.39, 0.29) is 24.5 Å². The molecule has 2 aromatic rings. The van der Waals surface area contributed by atoms with Crippen LogP contribution in [0.15, 0.2) is 48.5 Å². The van der Waals surface area contributed by atoms with Gasteiger partial charge in [-0.2, -0.15) is 0 Å². The van der Waals surface area contributed by atoms with Crippen molar-refractivity contribution in [3.8, 4) is 0 Å². The molecule has 0 atom stereocenters. The molecule has 0 saturated heterocycles. The average Bonchev–Trinajstić information content (AvgIpc) is 2.61. The standard InChI is InChI=1S/C20H22ClNO2/c1-3-15-8-10-16(11-9-15)19(23)12-13-20(24)22(2)14-17-6-4-5-7-18(17)21/h4-11H,3,12-14H2,1-2H3. The third kappa shape index (κ3) is 4.93. The van der Waals surface area contributed by atoms with Crippen LogP contribution in [-0.2, 0) is 17.8 Å². The fourth-order valence-corrected chi connectivity index (χ4v) is 2.65. The van der Waals surface area contributed by atoms with E-state index < -0.39 is 0 Å². The lowest BCUT2D eigenvalue weighted by atomic mass is 10.0. The molecule has 0 aromatic heterocycles. The van der Waals surface area contributed by atoms with Gasteiger partial charge in [0.25, 0.3) is 0 Å². The first-order chi connectivity index (χ1) is 11.5. The van der Waals surface area contributed by atoms with Gasteiger partial charge in [-0.15, -0.1) is 0 Å². The Kier molecular flexibility index (Phi) is 6.56. The average molecular weight is 344 g/mol. The largest absolute Gasteiger partial charge is 0.341 e. The fourth-order valence-electron chi connectivity index (χ4n) is 2.45. The molecule has 0 saturated carbocycles. The van der Waals surface area contributed by atoms with Crippen LogP contribution in [0.4, 0.5) is 0 Å². The Morgan fingerprint density at radius 1 is 1.00 bits per heavy atom. The van der Waals surface area contributed by atoms with Gasteiger partial charge in [-0.1, -0.05) is 61.0 Å². The monoisotopic (exact) mass is 343 g/mol. The van der Waals surface area contributed by atoms with Crippen LogP contribution in [-0.4, -0.2) is 23.6 Å². The van der Waals surface area contributed by atoms with Crippen molar-refractivity contribution in [3.05, 3.63) is 70.2 Å². The maximum absolute atomic E-state index is 12.2. The van der Waals surface area contributed by atoms with Gasteiger partial charge in [-0.05, 0) is 23.6 Å². The third-order valence-electron chi connectivity index (χ3n) is 4.04. The van der Waals surface area contributed by atoms with Gasteiger partial charge in [0.15, 0.2) is 5.78 Å². The molecule has 126 valence electrons. The van der Waals surface area contributed by atoms with E-state index >= 15 is 0 Å². The van der Waals surface area contributed by atoms with Crippen LogP contribution in [0.5, 0.6) is 0 Å². The third-order valence-corrected chi connectivity index (χ3v) is 4.41. The van der Waals surface area contributed by atoms with Crippen molar-refractivity contribution >= 4 is 23.3 Å². The molecule has 0 aliphatic heterocycles. The zero-order chi connectivity index (χ0) is 17.5. The Hall–Kier alpha value is -2.13. The van der Waals surface area contributed by atoms with Gasteiger partial charge < -0.3 is 4.90 Å². The van der Waals surface area contributed by atoms with Crippen LogP contribution in [0, 0.1) is 0 Å². The number of amides is 1. The van der Waals surface area contributed by atoms with Crippen molar-refractivity contribution in [1.29, 1.82) is 0 Å². The van der Waals surface area contributed by atoms with Gasteiger partial charge in [-0.3, -0.25) is 9.59 Å². The van der Waals surface area contributed by atoms with E-state index in [1.807, 2.05) is 42.5 Å². The first-order valence-corrected chi connectivity index (χ1v) is 8.48. The molecular weight excluding hydrogens is 322 g/mol. The van der Waals surface area contributed by atoms with Crippen molar-refractivity contribution in [2.45, 2.75) is 32.7 Å². The molecule has 0 unspecified atom stereocenters. The van der Waals surface area contributed by atoms with Crippen LogP contribution in [0.3, 0.4) is 0 Å². The first-order valence-electron chi connectivity index (χ1n) is 8.10. The Labute approximate surface area is 148 Å². The number of aryl methyl sites for hydroxylation is 1. The molecular formula is C20H22ClNO2. The topological polar surface area (TPSA) is 37.4 Å². The zero-order valence-electron chi connectivity index (χ0n) is 14.1. The van der Waals surface area contributed by atoms with Crippen molar-refractivity contribution in [2.75, 3.05) is 7.05 Å². The van der Waals surface area contributed by atoms with E-state index in [2.05, 4.69) is 6.92 Å². The summed E-state index contributed by atoms with van der Waals surface area (Å²) in [5.41, 5.74) is 2.76. The Morgan fingerprint density at radius 3 is 2.29 bits per heavy atom. The minimum atomic E-state index is -0.0616. The van der Waals surface area contributed by atoms with Crippen LogP contribution < -0.4 is 0 Å². The van der Waals surface area contributed by atoms with E-state index in [0.717, 1.165) is 12.0 Å². The van der Waals surface area contributed by atoms with E-state index in [9.17, 15) is 9.59 Å². The van der Waals surface area contributed by atoms with Crippen LogP contribution in [0.25, 0.3) is 0 Å². The highest BCUT2D eigenvalue weighted by Crippen LogP contribution is 2.17. The van der Waals surface area contributed by atoms with Gasteiger partial charge in [0.2, 0.25) is 5.91 Å². The van der Waals surface area contributed by atoms with Crippen molar-refractivity contribution in [3.63, 3.8) is 0 Å². The maximum Gasteiger partial charge on any atom is 0.223 e. The SMILES string of the molecule is CCc1ccc(C(=O)CCC(=O)N(C)Cc2ccccc2Cl)cc1. The van der Waals surface area contributed by atoms with Gasteiger partial charge in [-0.25, -0.2) is 0 Å². The number of carbonyl (C=O) groups excluding carboxylic acids is 2. The molecule has 3 nitrogen and oxygen atoms in total. The summed E-state index contributed by atoms with van der Waals surface area (Å²) in [5.74, 6) is -0.0643. The van der Waals surface area contributed by atoms with Crippen LogP contribution in [0.1, 0.15) is 41.3 Å². The highest BCUT2D eigenvalue weighted by atomic mass is 35.5. The Balaban J connectivity index is 1.87. The van der Waals surface area contributed by atoms with Crippen molar-refractivity contribution in [2.24, 2.45) is 0 Å². The smallest absolute Gasteiger partial charge is 0.223 e. The summed E-state index contributed by atoms with van der Waals surface area (Å²) in [4.78, 5) is 26.0. The predicted molar refractivity (Wildman–Crippen MR) is 97.3 cm³/mol. The number of rotatable bonds is 7. The molecule has 0 radical (unpaired) electrons. The molecule has 0 spiro atoms. The summed E-state index contributed by atoms with van der Waals surface area (Å²) in [6, 6.07) is 15.0. The molecule has 0 aliphatic rings. The number of nitrogens with zero attached hydrogens (tertiary/aromatic N) is 1. The maximum atomic E-state index is 12.2. The normalized spacial score (nSPS) is 10.5. The number of benzene rings is 2. The number of halogens is 1. The highest BCUT2D eigenvalue weighted by Gasteiger charge is 2.14. The number of ketones is 1. The summed E-state index contributed by atoms with van der Waals surface area (Å²) in [5, 5.41) is 0.643. The molecule has 0 bridgehead atoms. The highest BCUT2D eigenvalue weighted by molar-refractivity contribution is 6.31. The van der Waals surface area contributed by atoms with Gasteiger partial charge in [0, 0.05) is 37.0 Å². The van der Waals surface area contributed by atoms with E-state index in [1.54, 1.807) is 18.0 Å². The summed E-state index contributed by atoms with van der Waals surface area (Å²) >= 11 is 6.11. The molecule has 1 amide bonds. The second-order valence-corrected chi connectivity index (χ2v) is 6.22. The van der Waals surface area contributed by atoms with Gasteiger partial charge >= 0.3 is 0 Å². The number of carbonyl (C=O) groups is 2. The summed E-state index contributed by atoms with van der Waals surface area (Å²) < 4.78 is 0. The van der Waals surface area contributed by atoms with Crippen LogP contribution in [0.2, 0.25) is 5.02 Å². The lowest BCUT2D eigenvalue weighted by Gasteiger charge is -2.18. The predicted octanol–water partition coefficient (Wildman–Crippen LogP) is 4.52. The molecule has 2 rings (SSSR count). The molecule has 4 heteroatoms. The first kappa shape index (κ1) is 18.2. The van der Waals surface area contributed by atoms with E-state index in [1.165, 1.54) is 5.56 Å². The molecule has 2 aromatic carbocycles. The fraction of sp³-hybridized carbons (Fsp3) is 0.300. The minimum Gasteiger partial charge on any atom is -0.341 e. The lowest BCUT2D eigenvalue weighted by molar-refractivity contribution is -0.130. The summed E-state index contributed by atoms with van der Waals surface area (Å²) in [7, 11) is 1.73. The molecule has 0 heterocycles.